The van der Waals surface area contributed by atoms with Gasteiger partial charge in [0.05, 0.1) is 6.85 Å². The van der Waals surface area contributed by atoms with Crippen LogP contribution in [0.4, 0.5) is 4.39 Å². The van der Waals surface area contributed by atoms with Crippen molar-refractivity contribution in [3.63, 3.8) is 0 Å². The van der Waals surface area contributed by atoms with E-state index in [1.807, 2.05) is 36.4 Å². The SMILES string of the molecule is Fc1ccc(-c2ccc(-c3ccc(C4c5c(ccc6ccccc56)Oc5ccc6ccccc6c54)cc3)cc2)cc1.[2H]c1c([2H])c([2H])c(-c2ccc(-c3ccc(C4c5c(ccc6ccccc56)Oc5ccc6ccccc6c54)cc3)cc2)c([2H])c1[2H].c1ccc(-c2ccc(-c3ccc(C4c5c(ccc6ccccc56)Oc5ccc6ccccc6c54)cc3)cc2)cc1. The first kappa shape index (κ1) is 66.6. The molecule has 0 bridgehead atoms. The van der Waals surface area contributed by atoms with Gasteiger partial charge < -0.3 is 14.2 Å². The zero-order valence-corrected chi connectivity index (χ0v) is 65.7. The summed E-state index contributed by atoms with van der Waals surface area (Å²) in [7, 11) is 0. The van der Waals surface area contributed by atoms with Crippen molar-refractivity contribution in [2.24, 2.45) is 0 Å². The van der Waals surface area contributed by atoms with Gasteiger partial charge in [-0.25, -0.2) is 4.39 Å². The van der Waals surface area contributed by atoms with Gasteiger partial charge in [-0.05, 0) is 197 Å². The van der Waals surface area contributed by atoms with Crippen molar-refractivity contribution in [2.75, 3.05) is 0 Å². The minimum atomic E-state index is -0.388. The number of hydrogen-bond donors (Lipinski definition) is 0. The molecule has 0 amide bonds. The molecule has 21 aromatic carbocycles. The molecule has 3 heterocycles. The Bertz CT molecular complexity index is 7550. The van der Waals surface area contributed by atoms with E-state index in [-0.39, 0.29) is 59.3 Å². The second kappa shape index (κ2) is 30.9. The predicted molar refractivity (Wildman–Crippen MR) is 499 cm³/mol. The number of benzene rings is 21. The van der Waals surface area contributed by atoms with Gasteiger partial charge in [-0.1, -0.05) is 400 Å². The van der Waals surface area contributed by atoms with Crippen LogP contribution in [0, 0.1) is 5.82 Å². The fraction of sp³-hybridized carbons (Fsp3) is 0.0256. The average molecular weight is 1550 g/mol. The standard InChI is InChI=1S/C39H25FO.2C39H26O/c40-32-21-17-28(18-22-32)26-11-9-25(10-12-26)27-13-15-31(16-14-27)37-38-33-7-3-1-5-29(33)19-23-35(38)41-36-24-20-30-6-2-4-8-34(30)39(36)37;2*1-2-8-26(9-3-1)27-14-16-28(17-15-27)29-18-20-32(21-19-29)37-38-33-12-6-4-10-30(33)22-24-35(38)40-36-25-23-31-11-5-7-13-34(31)39(36)37/h1-24,37H;2*1-25,37H/i;1D,2D,3D,8D,9D;. The van der Waals surface area contributed by atoms with E-state index in [9.17, 15) is 4.39 Å². The van der Waals surface area contributed by atoms with Gasteiger partial charge in [0.2, 0.25) is 0 Å². The van der Waals surface area contributed by atoms with Gasteiger partial charge >= 0.3 is 0 Å². The maximum absolute atomic E-state index is 13.4. The monoisotopic (exact) mass is 1550 g/mol. The second-order valence-electron chi connectivity index (χ2n) is 31.3. The molecule has 0 atom stereocenters. The summed E-state index contributed by atoms with van der Waals surface area (Å²) in [6, 6.07) is 144. The third-order valence-corrected chi connectivity index (χ3v) is 24.4. The lowest BCUT2D eigenvalue weighted by atomic mass is 9.78. The third-order valence-electron chi connectivity index (χ3n) is 24.4. The van der Waals surface area contributed by atoms with Crippen molar-refractivity contribution < 1.29 is 25.5 Å². The minimum Gasteiger partial charge on any atom is -0.457 e. The highest BCUT2D eigenvalue weighted by atomic mass is 19.1. The van der Waals surface area contributed by atoms with E-state index >= 15 is 0 Å². The molecule has 24 rings (SSSR count). The summed E-state index contributed by atoms with van der Waals surface area (Å²) in [5, 5.41) is 14.5. The molecular formula is C117H77FO3. The Balaban J connectivity index is 0.000000112. The topological polar surface area (TPSA) is 27.7 Å². The highest BCUT2D eigenvalue weighted by Crippen LogP contribution is 2.56. The van der Waals surface area contributed by atoms with Crippen LogP contribution < -0.4 is 14.2 Å². The molecule has 21 aromatic rings. The van der Waals surface area contributed by atoms with Gasteiger partial charge in [0.15, 0.2) is 0 Å². The number of halogens is 1. The van der Waals surface area contributed by atoms with E-state index in [4.69, 9.17) is 21.1 Å². The molecule has 0 fully saturated rings. The molecule has 0 saturated carbocycles. The van der Waals surface area contributed by atoms with Gasteiger partial charge in [0.25, 0.3) is 0 Å². The van der Waals surface area contributed by atoms with Crippen molar-refractivity contribution in [1.82, 2.24) is 0 Å². The number of ether oxygens (including phenoxy) is 3. The maximum Gasteiger partial charge on any atom is 0.132 e. The highest BCUT2D eigenvalue weighted by Gasteiger charge is 2.36. The van der Waals surface area contributed by atoms with E-state index in [1.54, 1.807) is 0 Å². The van der Waals surface area contributed by atoms with E-state index < -0.39 is 0 Å². The molecule has 0 N–H and O–H groups in total. The number of fused-ring (bicyclic) bond motifs is 18. The lowest BCUT2D eigenvalue weighted by Crippen LogP contribution is -2.13. The minimum absolute atomic E-state index is 0.0286. The van der Waals surface area contributed by atoms with Crippen LogP contribution in [0.3, 0.4) is 0 Å². The summed E-state index contributed by atoms with van der Waals surface area (Å²) >= 11 is 0. The Morgan fingerprint density at radius 1 is 0.174 bits per heavy atom. The van der Waals surface area contributed by atoms with Crippen molar-refractivity contribution in [2.45, 2.75) is 17.8 Å². The van der Waals surface area contributed by atoms with Crippen LogP contribution in [0.2, 0.25) is 0 Å². The molecular weight excluding hydrogens is 1470 g/mol. The Kier molecular flexibility index (Phi) is 17.0. The Hall–Kier alpha value is -15.5. The Morgan fingerprint density at radius 2 is 0.364 bits per heavy atom. The van der Waals surface area contributed by atoms with Crippen LogP contribution in [0.15, 0.2) is 449 Å². The van der Waals surface area contributed by atoms with Gasteiger partial charge in [-0.2, -0.15) is 0 Å². The normalized spacial score (nSPS) is 13.2. The van der Waals surface area contributed by atoms with Gasteiger partial charge in [-0.15, -0.1) is 0 Å². The molecule has 0 aromatic heterocycles. The summed E-state index contributed by atoms with van der Waals surface area (Å²) in [6.07, 6.45) is 0. The molecule has 0 spiro atoms. The van der Waals surface area contributed by atoms with Gasteiger partial charge in [0, 0.05) is 51.1 Å². The van der Waals surface area contributed by atoms with Crippen LogP contribution in [0.25, 0.3) is 131 Å². The molecule has 0 unspecified atom stereocenters. The summed E-state index contributed by atoms with van der Waals surface area (Å²) in [6.45, 7) is 0. The lowest BCUT2D eigenvalue weighted by molar-refractivity contribution is 0.456. The molecule has 3 aliphatic heterocycles. The molecule has 4 heteroatoms. The molecule has 0 aliphatic carbocycles. The average Bonchev–Trinajstić information content (AvgIpc) is 0.734. The first-order valence-corrected chi connectivity index (χ1v) is 41.1. The molecule has 0 radical (unpaired) electrons. The lowest BCUT2D eigenvalue weighted by Gasteiger charge is -2.31. The molecule has 0 saturated heterocycles. The van der Waals surface area contributed by atoms with E-state index in [1.165, 1.54) is 132 Å². The summed E-state index contributed by atoms with van der Waals surface area (Å²) in [5.41, 5.74) is 22.9. The van der Waals surface area contributed by atoms with Crippen LogP contribution >= 0.6 is 0 Å². The van der Waals surface area contributed by atoms with Crippen LogP contribution in [-0.4, -0.2) is 0 Å². The largest absolute Gasteiger partial charge is 0.457 e. The van der Waals surface area contributed by atoms with Crippen molar-refractivity contribution >= 4 is 64.6 Å². The molecule has 3 nitrogen and oxygen atoms in total. The first-order valence-electron chi connectivity index (χ1n) is 43.6. The van der Waals surface area contributed by atoms with E-state index in [0.717, 1.165) is 84.6 Å². The Labute approximate surface area is 709 Å². The van der Waals surface area contributed by atoms with Crippen molar-refractivity contribution in [1.29, 1.82) is 0 Å². The van der Waals surface area contributed by atoms with E-state index in [2.05, 4.69) is 370 Å². The fourth-order valence-corrected chi connectivity index (χ4v) is 18.6. The molecule has 121 heavy (non-hydrogen) atoms. The second-order valence-corrected chi connectivity index (χ2v) is 31.3. The first-order chi connectivity index (χ1) is 62.0. The molecule has 3 aliphatic rings. The Morgan fingerprint density at radius 3 is 0.603 bits per heavy atom. The van der Waals surface area contributed by atoms with Gasteiger partial charge in [-0.3, -0.25) is 0 Å². The van der Waals surface area contributed by atoms with Crippen molar-refractivity contribution in [3.05, 3.63) is 505 Å². The smallest absolute Gasteiger partial charge is 0.132 e. The quantitative estimate of drug-likeness (QED) is 0.144. The summed E-state index contributed by atoms with van der Waals surface area (Å²) in [4.78, 5) is 0. The summed E-state index contributed by atoms with van der Waals surface area (Å²) in [5.74, 6) is 5.27. The van der Waals surface area contributed by atoms with Crippen LogP contribution in [0.5, 0.6) is 34.5 Å². The fourth-order valence-electron chi connectivity index (χ4n) is 18.6. The van der Waals surface area contributed by atoms with Crippen molar-refractivity contribution in [3.8, 4) is 101 Å². The molecule has 570 valence electrons. The zero-order chi connectivity index (χ0) is 84.6. The predicted octanol–water partition coefficient (Wildman–Crippen LogP) is 32.0. The zero-order valence-electron chi connectivity index (χ0n) is 70.7. The van der Waals surface area contributed by atoms with Gasteiger partial charge in [0.1, 0.15) is 40.3 Å². The number of rotatable bonds is 9. The number of hydrogen-bond acceptors (Lipinski definition) is 3. The van der Waals surface area contributed by atoms with Crippen LogP contribution in [-0.2, 0) is 0 Å². The van der Waals surface area contributed by atoms with E-state index in [0.29, 0.717) is 5.56 Å². The third kappa shape index (κ3) is 13.4. The van der Waals surface area contributed by atoms with Crippen LogP contribution in [0.1, 0.15) is 74.7 Å². The maximum atomic E-state index is 13.4. The highest BCUT2D eigenvalue weighted by molar-refractivity contribution is 5.99. The summed E-state index contributed by atoms with van der Waals surface area (Å²) < 4.78 is 73.7.